The van der Waals surface area contributed by atoms with Crippen LogP contribution in [0.15, 0.2) is 72.5 Å². The van der Waals surface area contributed by atoms with Gasteiger partial charge in [0.05, 0.1) is 11.4 Å². The summed E-state index contributed by atoms with van der Waals surface area (Å²) in [5.74, 6) is 0. The number of hydrogen-bond acceptors (Lipinski definition) is 2. The highest BCUT2D eigenvalue weighted by Gasteiger charge is 2.24. The Balaban J connectivity index is 1.46. The molecule has 101 valence electrons. The van der Waals surface area contributed by atoms with Gasteiger partial charge in [-0.15, -0.1) is 0 Å². The number of anilines is 1. The Morgan fingerprint density at radius 3 is 2.57 bits per heavy atom. The lowest BCUT2D eigenvalue weighted by Gasteiger charge is -1.96. The van der Waals surface area contributed by atoms with Crippen molar-refractivity contribution in [2.45, 2.75) is 12.8 Å². The second-order valence-corrected chi connectivity index (χ2v) is 5.42. The molecular formula is C19H16N2+. The highest BCUT2D eigenvalue weighted by atomic mass is 14.9. The van der Waals surface area contributed by atoms with Crippen LogP contribution in [0.25, 0.3) is 0 Å². The van der Waals surface area contributed by atoms with Crippen LogP contribution in [0.2, 0.25) is 0 Å². The van der Waals surface area contributed by atoms with Crippen LogP contribution in [-0.4, -0.2) is 5.71 Å². The molecule has 0 aromatic heterocycles. The fourth-order valence-electron chi connectivity index (χ4n) is 2.85. The van der Waals surface area contributed by atoms with E-state index in [1.54, 1.807) is 0 Å². The normalized spacial score (nSPS) is 17.7. The Kier molecular flexibility index (Phi) is 2.93. The average molecular weight is 272 g/mol. The molecule has 2 aromatic carbocycles. The first-order valence-corrected chi connectivity index (χ1v) is 7.26. The molecule has 0 amide bonds. The van der Waals surface area contributed by atoms with E-state index in [4.69, 9.17) is 0 Å². The van der Waals surface area contributed by atoms with Crippen LogP contribution in [-0.2, 0) is 12.8 Å². The number of rotatable bonds is 2. The molecular weight excluding hydrogens is 256 g/mol. The molecule has 2 heterocycles. The van der Waals surface area contributed by atoms with Crippen LogP contribution >= 0.6 is 0 Å². The second kappa shape index (κ2) is 5.06. The molecule has 0 unspecified atom stereocenters. The minimum Gasteiger partial charge on any atom is -0.358 e. The van der Waals surface area contributed by atoms with Gasteiger partial charge in [-0.2, -0.15) is 0 Å². The number of fused-ring (bicyclic) bond motifs is 2. The van der Waals surface area contributed by atoms with E-state index in [-0.39, 0.29) is 0 Å². The van der Waals surface area contributed by atoms with Crippen molar-refractivity contribution in [3.05, 3.63) is 83.6 Å². The van der Waals surface area contributed by atoms with Crippen molar-refractivity contribution in [3.63, 3.8) is 0 Å². The number of allylic oxidation sites excluding steroid dienone is 4. The van der Waals surface area contributed by atoms with Gasteiger partial charge in [0.25, 0.3) is 11.4 Å². The predicted molar refractivity (Wildman–Crippen MR) is 87.9 cm³/mol. The summed E-state index contributed by atoms with van der Waals surface area (Å²) in [5, 5.41) is 3.45. The summed E-state index contributed by atoms with van der Waals surface area (Å²) < 4.78 is 0. The smallest absolute Gasteiger partial charge is 0.281 e. The lowest BCUT2D eigenvalue weighted by atomic mass is 10.1. The zero-order chi connectivity index (χ0) is 14.1. The Labute approximate surface area is 124 Å². The molecule has 0 atom stereocenters. The van der Waals surface area contributed by atoms with Crippen LogP contribution < -0.4 is 10.3 Å². The standard InChI is InChI=1S/C19H16N2/c1-3-10-18-14(6-1)12-16(20-18)8-5-9-17-13-15-7-2-4-11-19(15)21-17/h1-11,20H,12-13H2/q+1/b9-5?,16-8-. The molecule has 2 aliphatic heterocycles. The van der Waals surface area contributed by atoms with E-state index >= 15 is 0 Å². The van der Waals surface area contributed by atoms with Gasteiger partial charge in [0.2, 0.25) is 0 Å². The Hall–Kier alpha value is -2.61. The maximum Gasteiger partial charge on any atom is 0.281 e. The lowest BCUT2D eigenvalue weighted by molar-refractivity contribution is 1.25. The SMILES string of the molecule is C(=CC1=[N+]c2ccccc2C1)/C=C1/Cc2ccccc2N1. The quantitative estimate of drug-likeness (QED) is 0.885. The number of hydrogen-bond donors (Lipinski definition) is 1. The highest BCUT2D eigenvalue weighted by Crippen LogP contribution is 2.27. The number of nitrogens with one attached hydrogen (secondary N) is 1. The molecule has 2 aliphatic rings. The van der Waals surface area contributed by atoms with E-state index in [1.165, 1.54) is 22.5 Å². The molecule has 2 aromatic rings. The van der Waals surface area contributed by atoms with Gasteiger partial charge in [0.1, 0.15) is 0 Å². The molecule has 0 spiro atoms. The molecule has 0 fully saturated rings. The van der Waals surface area contributed by atoms with E-state index in [2.05, 4.69) is 71.0 Å². The molecule has 0 saturated carbocycles. The molecule has 1 N–H and O–H groups in total. The maximum atomic E-state index is 4.64. The van der Waals surface area contributed by atoms with Crippen LogP contribution in [0.1, 0.15) is 11.1 Å². The molecule has 2 nitrogen and oxygen atoms in total. The summed E-state index contributed by atoms with van der Waals surface area (Å²) in [7, 11) is 0. The predicted octanol–water partition coefficient (Wildman–Crippen LogP) is 3.76. The molecule has 4 rings (SSSR count). The fraction of sp³-hybridized carbons (Fsp3) is 0.105. The van der Waals surface area contributed by atoms with Crippen molar-refractivity contribution < 1.29 is 0 Å². The summed E-state index contributed by atoms with van der Waals surface area (Å²) in [4.78, 5) is 4.64. The average Bonchev–Trinajstić information content (AvgIpc) is 3.09. The van der Waals surface area contributed by atoms with Crippen LogP contribution in [0.4, 0.5) is 11.4 Å². The molecule has 2 heteroatoms. The number of benzene rings is 2. The van der Waals surface area contributed by atoms with Gasteiger partial charge >= 0.3 is 0 Å². The van der Waals surface area contributed by atoms with Gasteiger partial charge in [-0.05, 0) is 17.7 Å². The first kappa shape index (κ1) is 12.2. The van der Waals surface area contributed by atoms with Gasteiger partial charge < -0.3 is 5.32 Å². The van der Waals surface area contributed by atoms with Gasteiger partial charge in [0.15, 0.2) is 0 Å². The second-order valence-electron chi connectivity index (χ2n) is 5.42. The molecule has 21 heavy (non-hydrogen) atoms. The van der Waals surface area contributed by atoms with E-state index in [1.807, 2.05) is 6.07 Å². The number of aliphatic imine (C=N–C) groups is 1. The van der Waals surface area contributed by atoms with E-state index < -0.39 is 0 Å². The van der Waals surface area contributed by atoms with Crippen LogP contribution in [0.5, 0.6) is 0 Å². The van der Waals surface area contributed by atoms with E-state index in [9.17, 15) is 0 Å². The van der Waals surface area contributed by atoms with Gasteiger partial charge in [0, 0.05) is 35.5 Å². The third-order valence-electron chi connectivity index (χ3n) is 3.91. The number of nitrogens with zero attached hydrogens (tertiary/aromatic N) is 1. The zero-order valence-electron chi connectivity index (χ0n) is 11.7. The minimum absolute atomic E-state index is 0.934. The van der Waals surface area contributed by atoms with Gasteiger partial charge in [-0.1, -0.05) is 42.5 Å². The van der Waals surface area contributed by atoms with Crippen molar-refractivity contribution in [2.24, 2.45) is 0 Å². The Morgan fingerprint density at radius 1 is 0.905 bits per heavy atom. The van der Waals surface area contributed by atoms with Gasteiger partial charge in [-0.3, -0.25) is 0 Å². The van der Waals surface area contributed by atoms with Crippen molar-refractivity contribution in [1.29, 1.82) is 0 Å². The Morgan fingerprint density at radius 2 is 1.71 bits per heavy atom. The monoisotopic (exact) mass is 272 g/mol. The van der Waals surface area contributed by atoms with E-state index in [0.717, 1.165) is 24.2 Å². The van der Waals surface area contributed by atoms with Crippen molar-refractivity contribution in [1.82, 2.24) is 4.99 Å². The summed E-state index contributed by atoms with van der Waals surface area (Å²) in [6.45, 7) is 0. The fourth-order valence-corrected chi connectivity index (χ4v) is 2.85. The van der Waals surface area contributed by atoms with Gasteiger partial charge in [-0.25, -0.2) is 0 Å². The highest BCUT2D eigenvalue weighted by molar-refractivity contribution is 6.00. The third kappa shape index (κ3) is 2.40. The van der Waals surface area contributed by atoms with Crippen molar-refractivity contribution in [3.8, 4) is 0 Å². The zero-order valence-corrected chi connectivity index (χ0v) is 11.7. The first-order chi connectivity index (χ1) is 10.4. The van der Waals surface area contributed by atoms with Crippen LogP contribution in [0.3, 0.4) is 0 Å². The Bertz CT molecular complexity index is 755. The topological polar surface area (TPSA) is 26.1 Å². The first-order valence-electron chi connectivity index (χ1n) is 7.26. The molecule has 1 radical (unpaired) electrons. The third-order valence-corrected chi connectivity index (χ3v) is 3.91. The van der Waals surface area contributed by atoms with Crippen molar-refractivity contribution >= 4 is 17.1 Å². The van der Waals surface area contributed by atoms with E-state index in [0.29, 0.717) is 0 Å². The van der Waals surface area contributed by atoms with Crippen LogP contribution in [0, 0.1) is 0 Å². The summed E-state index contributed by atoms with van der Waals surface area (Å²) in [6, 6.07) is 16.8. The summed E-state index contributed by atoms with van der Waals surface area (Å²) in [5.41, 5.74) is 7.38. The number of para-hydroxylation sites is 2. The summed E-state index contributed by atoms with van der Waals surface area (Å²) in [6.07, 6.45) is 8.26. The largest absolute Gasteiger partial charge is 0.358 e. The van der Waals surface area contributed by atoms with Crippen molar-refractivity contribution in [2.75, 3.05) is 5.32 Å². The minimum atomic E-state index is 0.934. The molecule has 0 bridgehead atoms. The molecule has 0 aliphatic carbocycles. The summed E-state index contributed by atoms with van der Waals surface area (Å²) >= 11 is 0. The maximum absolute atomic E-state index is 4.64. The molecule has 0 saturated heterocycles. The lowest BCUT2D eigenvalue weighted by Crippen LogP contribution is -1.96.